The van der Waals surface area contributed by atoms with Crippen LogP contribution in [0.5, 0.6) is 11.5 Å². The highest BCUT2D eigenvalue weighted by Gasteiger charge is 2.25. The van der Waals surface area contributed by atoms with Crippen LogP contribution in [0.4, 0.5) is 18.9 Å². The quantitative estimate of drug-likeness (QED) is 0.445. The summed E-state index contributed by atoms with van der Waals surface area (Å²) in [7, 11) is 5.32. The Labute approximate surface area is 229 Å². The molecule has 0 amide bonds. The number of alkyl halides is 3. The molecule has 0 atom stereocenters. The Morgan fingerprint density at radius 2 is 1.72 bits per heavy atom. The van der Waals surface area contributed by atoms with E-state index in [-0.39, 0.29) is 0 Å². The second kappa shape index (κ2) is 16.9. The van der Waals surface area contributed by atoms with Crippen molar-refractivity contribution in [1.82, 2.24) is 19.9 Å². The van der Waals surface area contributed by atoms with E-state index in [1.165, 1.54) is 5.56 Å². The third-order valence-electron chi connectivity index (χ3n) is 5.23. The summed E-state index contributed by atoms with van der Waals surface area (Å²) in [4.78, 5) is 10.6. The van der Waals surface area contributed by atoms with Crippen molar-refractivity contribution in [2.75, 3.05) is 38.8 Å². The van der Waals surface area contributed by atoms with Gasteiger partial charge in [-0.25, -0.2) is 0 Å². The van der Waals surface area contributed by atoms with Crippen LogP contribution in [0.3, 0.4) is 0 Å². The van der Waals surface area contributed by atoms with Gasteiger partial charge in [-0.2, -0.15) is 13.2 Å². The fraction of sp³-hybridized carbons (Fsp3) is 0.379. The molecule has 39 heavy (non-hydrogen) atoms. The summed E-state index contributed by atoms with van der Waals surface area (Å²) in [5.74, 6) is 1.52. The van der Waals surface area contributed by atoms with Crippen molar-refractivity contribution in [1.29, 1.82) is 0 Å². The first-order valence-corrected chi connectivity index (χ1v) is 12.4. The molecular formula is C29H40F3N5O2. The number of benzene rings is 1. The van der Waals surface area contributed by atoms with Crippen LogP contribution in [0.15, 0.2) is 60.8 Å². The molecule has 1 aromatic carbocycles. The fourth-order valence-corrected chi connectivity index (χ4v) is 3.30. The molecule has 0 bridgehead atoms. The van der Waals surface area contributed by atoms with E-state index < -0.39 is 12.7 Å². The van der Waals surface area contributed by atoms with Crippen molar-refractivity contribution in [2.45, 2.75) is 33.9 Å². The van der Waals surface area contributed by atoms with Gasteiger partial charge in [-0.05, 0) is 51.1 Å². The molecule has 214 valence electrons. The Kier molecular flexibility index (Phi) is 14.4. The van der Waals surface area contributed by atoms with Gasteiger partial charge in [0.1, 0.15) is 11.5 Å². The molecule has 3 aromatic rings. The number of hydrogen-bond acceptors (Lipinski definition) is 6. The number of ether oxygens (including phenoxy) is 2. The molecule has 0 aliphatic carbocycles. The smallest absolute Gasteiger partial charge is 0.401 e. The molecule has 0 aliphatic rings. The van der Waals surface area contributed by atoms with E-state index >= 15 is 0 Å². The normalized spacial score (nSPS) is 11.6. The van der Waals surface area contributed by atoms with Crippen LogP contribution in [0.25, 0.3) is 12.7 Å². The van der Waals surface area contributed by atoms with Crippen LogP contribution in [-0.2, 0) is 7.05 Å². The van der Waals surface area contributed by atoms with Gasteiger partial charge < -0.3 is 24.3 Å². The van der Waals surface area contributed by atoms with Crippen molar-refractivity contribution < 1.29 is 22.6 Å². The molecule has 2 aromatic heterocycles. The Bertz CT molecular complexity index is 1230. The van der Waals surface area contributed by atoms with Crippen LogP contribution >= 0.6 is 0 Å². The number of nitrogens with one attached hydrogen (secondary N) is 1. The van der Waals surface area contributed by atoms with Crippen LogP contribution in [0, 0.1) is 6.92 Å². The Morgan fingerprint density at radius 3 is 2.10 bits per heavy atom. The van der Waals surface area contributed by atoms with Crippen molar-refractivity contribution in [3.05, 3.63) is 77.1 Å². The number of rotatable bonds is 8. The molecular weight excluding hydrogens is 507 g/mol. The second-order valence-electron chi connectivity index (χ2n) is 8.43. The number of aromatic nitrogens is 3. The molecule has 0 spiro atoms. The average molecular weight is 548 g/mol. The zero-order valence-electron chi connectivity index (χ0n) is 23.8. The summed E-state index contributed by atoms with van der Waals surface area (Å²) >= 11 is 0. The largest absolute Gasteiger partial charge is 0.497 e. The van der Waals surface area contributed by atoms with E-state index in [1.54, 1.807) is 33.5 Å². The van der Waals surface area contributed by atoms with Gasteiger partial charge in [-0.1, -0.05) is 13.5 Å². The van der Waals surface area contributed by atoms with Crippen molar-refractivity contribution in [2.24, 2.45) is 7.05 Å². The van der Waals surface area contributed by atoms with Crippen LogP contribution in [0.2, 0.25) is 0 Å². The summed E-state index contributed by atoms with van der Waals surface area (Å²) in [5, 5.41) is 3.58. The molecule has 0 aliphatic heterocycles. The highest BCUT2D eigenvalue weighted by molar-refractivity contribution is 5.60. The number of nitrogens with zero attached hydrogens (tertiary/aromatic N) is 4. The van der Waals surface area contributed by atoms with E-state index in [0.717, 1.165) is 34.8 Å². The molecule has 7 nitrogen and oxygen atoms in total. The summed E-state index contributed by atoms with van der Waals surface area (Å²) in [6.07, 6.45) is 7.29. The van der Waals surface area contributed by atoms with Crippen LogP contribution in [-0.4, -0.2) is 54.6 Å². The third-order valence-corrected chi connectivity index (χ3v) is 5.23. The summed E-state index contributed by atoms with van der Waals surface area (Å²) in [6, 6.07) is 7.91. The zero-order chi connectivity index (χ0) is 29.4. The maximum Gasteiger partial charge on any atom is 0.401 e. The lowest BCUT2D eigenvalue weighted by Crippen LogP contribution is -2.29. The first-order valence-electron chi connectivity index (χ1n) is 12.4. The number of hydrogen-bond donors (Lipinski definition) is 1. The van der Waals surface area contributed by atoms with E-state index in [4.69, 9.17) is 9.47 Å². The minimum Gasteiger partial charge on any atom is -0.497 e. The lowest BCUT2D eigenvalue weighted by molar-refractivity contribution is -0.124. The minimum absolute atomic E-state index is 0.361. The molecule has 0 saturated heterocycles. The van der Waals surface area contributed by atoms with Crippen molar-refractivity contribution >= 4 is 18.3 Å². The Balaban J connectivity index is 0.000000412. The number of anilines is 1. The molecule has 1 N–H and O–H groups in total. The van der Waals surface area contributed by atoms with E-state index in [0.29, 0.717) is 11.9 Å². The van der Waals surface area contributed by atoms with Gasteiger partial charge in [-0.3, -0.25) is 9.97 Å². The molecule has 2 heterocycles. The molecule has 3 rings (SSSR count). The van der Waals surface area contributed by atoms with Crippen molar-refractivity contribution in [3.63, 3.8) is 0 Å². The Morgan fingerprint density at radius 1 is 1.10 bits per heavy atom. The van der Waals surface area contributed by atoms with Gasteiger partial charge in [-0.15, -0.1) is 0 Å². The standard InChI is InChI=1S/C19H23N3O2.C6H9N.C4H8F3N/c1-6-22(16-11-17(23-4)13-18(12-16)24-5)14(2)7-8-19-15(3)20-9-10-21-19;1-6-3-4-7(2)5-6;1-2-8-3-4(5,6)7/h7-13H,3,6H2,1-2,4-5H3;3-5H,1-2H3;8H,2-3H2,1H3/b14-7+,19-8+;;. The summed E-state index contributed by atoms with van der Waals surface area (Å²) < 4.78 is 46.3. The lowest BCUT2D eigenvalue weighted by atomic mass is 10.2. The third kappa shape index (κ3) is 13.0. The highest BCUT2D eigenvalue weighted by Crippen LogP contribution is 2.30. The first kappa shape index (κ1) is 33.2. The zero-order valence-corrected chi connectivity index (χ0v) is 23.8. The SMILES string of the molecule is C=c1nccn/c1=C/C=C(\C)N(CC)c1cc(OC)cc(OC)c1.CCNCC(F)(F)F.Cc1ccn(C)c1. The van der Waals surface area contributed by atoms with Gasteiger partial charge in [0.25, 0.3) is 0 Å². The van der Waals surface area contributed by atoms with Gasteiger partial charge in [0.05, 0.1) is 31.5 Å². The van der Waals surface area contributed by atoms with E-state index in [2.05, 4.69) is 52.9 Å². The second-order valence-corrected chi connectivity index (χ2v) is 8.43. The fourth-order valence-electron chi connectivity index (χ4n) is 3.30. The van der Waals surface area contributed by atoms with Gasteiger partial charge >= 0.3 is 6.18 Å². The lowest BCUT2D eigenvalue weighted by Gasteiger charge is -2.24. The van der Waals surface area contributed by atoms with Crippen molar-refractivity contribution in [3.8, 4) is 11.5 Å². The number of allylic oxidation sites excluding steroid dienone is 2. The molecule has 0 unspecified atom stereocenters. The summed E-state index contributed by atoms with van der Waals surface area (Å²) in [6.45, 7) is 12.0. The van der Waals surface area contributed by atoms with Crippen LogP contribution in [0.1, 0.15) is 26.3 Å². The molecule has 0 radical (unpaired) electrons. The molecule has 0 fully saturated rings. The highest BCUT2D eigenvalue weighted by atomic mass is 19.4. The van der Waals surface area contributed by atoms with Gasteiger partial charge in [0.2, 0.25) is 0 Å². The van der Waals surface area contributed by atoms with Crippen LogP contribution < -0.4 is 30.4 Å². The topological polar surface area (TPSA) is 64.4 Å². The van der Waals surface area contributed by atoms with Gasteiger partial charge in [0.15, 0.2) is 0 Å². The van der Waals surface area contributed by atoms with E-state index in [9.17, 15) is 13.2 Å². The van der Waals surface area contributed by atoms with E-state index in [1.807, 2.05) is 55.1 Å². The predicted molar refractivity (Wildman–Crippen MR) is 152 cm³/mol. The maximum absolute atomic E-state index is 11.2. The monoisotopic (exact) mass is 547 g/mol. The first-order chi connectivity index (χ1) is 18.4. The van der Waals surface area contributed by atoms with Gasteiger partial charge in [0, 0.05) is 68.0 Å². The predicted octanol–water partition coefficient (Wildman–Crippen LogP) is 4.61. The molecule has 0 saturated carbocycles. The number of methoxy groups -OCH3 is 2. The summed E-state index contributed by atoms with van der Waals surface area (Å²) in [5.41, 5.74) is 3.39. The number of aryl methyl sites for hydroxylation is 2. The average Bonchev–Trinajstić information content (AvgIpc) is 3.29. The minimum atomic E-state index is -4.06. The maximum atomic E-state index is 11.2. The Hall–Kier alpha value is -3.79. The number of halogens is 3. The molecule has 10 heteroatoms.